The summed E-state index contributed by atoms with van der Waals surface area (Å²) in [5.74, 6) is 1.55. The number of amides is 1. The number of aromatic amines is 1. The number of sulfonamides is 1. The van der Waals surface area contributed by atoms with Gasteiger partial charge in [0, 0.05) is 80.8 Å². The van der Waals surface area contributed by atoms with Gasteiger partial charge in [-0.3, -0.25) is 24.7 Å². The van der Waals surface area contributed by atoms with E-state index in [9.17, 15) is 28.4 Å². The fourth-order valence-corrected chi connectivity index (χ4v) is 12.6. The second-order valence-corrected chi connectivity index (χ2v) is 23.1. The molecule has 3 aromatic heterocycles. The number of carbonyl (C=O) groups excluding carboxylic acids is 1. The van der Waals surface area contributed by atoms with E-state index >= 15 is 0 Å². The number of pyridine rings is 1. The molecule has 6 aromatic rings. The molecule has 2 saturated carbocycles. The lowest BCUT2D eigenvalue weighted by atomic mass is 9.59. The van der Waals surface area contributed by atoms with Crippen LogP contribution in [0, 0.1) is 21.4 Å². The van der Waals surface area contributed by atoms with Crippen LogP contribution in [0.25, 0.3) is 11.0 Å². The van der Waals surface area contributed by atoms with Gasteiger partial charge < -0.3 is 29.8 Å². The molecule has 390 valence electrons. The minimum absolute atomic E-state index is 0.0359. The Morgan fingerprint density at radius 2 is 1.68 bits per heavy atom. The molecule has 4 aliphatic rings. The van der Waals surface area contributed by atoms with Gasteiger partial charge in [-0.2, -0.15) is 0 Å². The molecule has 2 saturated heterocycles. The number of anilines is 2. The molecule has 1 amide bonds. The largest absolute Gasteiger partial charge is 0.494 e. The molecule has 2 aliphatic heterocycles. The number of nitro benzene ring substituents is 1. The SMILES string of the molecule is COc1cnc(CN2CCN(C3CC4(CCN(c5ccc(C(=O)NS(=O)(=O)c6ccc(NC[C@H]7CC[C@](C)(O)CC7)c([N+](=O)[O-])c6)c(Oc6cnc7[nH]ccc7c6)c5)CC4)C3)C(c3ccccc3C(C)C)C2)nc1. The fraction of sp³-hybridized carbons (Fsp3) is 0.455. The maximum atomic E-state index is 14.1. The van der Waals surface area contributed by atoms with Crippen molar-refractivity contribution in [1.29, 1.82) is 0 Å². The van der Waals surface area contributed by atoms with Gasteiger partial charge in [0.2, 0.25) is 0 Å². The summed E-state index contributed by atoms with van der Waals surface area (Å²) in [7, 11) is -2.97. The highest BCUT2D eigenvalue weighted by molar-refractivity contribution is 7.90. The Kier molecular flexibility index (Phi) is 14.4. The van der Waals surface area contributed by atoms with Gasteiger partial charge in [0.1, 0.15) is 28.7 Å². The van der Waals surface area contributed by atoms with Gasteiger partial charge in [0.05, 0.1) is 53.2 Å². The van der Waals surface area contributed by atoms with E-state index in [4.69, 9.17) is 9.47 Å². The highest BCUT2D eigenvalue weighted by atomic mass is 32.2. The highest BCUT2D eigenvalue weighted by Crippen LogP contribution is 2.53. The van der Waals surface area contributed by atoms with Gasteiger partial charge in [0.25, 0.3) is 21.6 Å². The maximum Gasteiger partial charge on any atom is 0.293 e. The van der Waals surface area contributed by atoms with Gasteiger partial charge >= 0.3 is 0 Å². The van der Waals surface area contributed by atoms with Gasteiger partial charge in [0.15, 0.2) is 5.75 Å². The molecular weight excluding hydrogens is 961 g/mol. The van der Waals surface area contributed by atoms with E-state index in [1.807, 2.05) is 19.1 Å². The van der Waals surface area contributed by atoms with Crippen molar-refractivity contribution >= 4 is 44.0 Å². The Bertz CT molecular complexity index is 3100. The number of ether oxygens (including phenoxy) is 2. The lowest BCUT2D eigenvalue weighted by Gasteiger charge is -2.58. The van der Waals surface area contributed by atoms with Crippen molar-refractivity contribution in [3.8, 4) is 17.2 Å². The number of hydrogen-bond donors (Lipinski definition) is 4. The van der Waals surface area contributed by atoms with Crippen LogP contribution in [0.2, 0.25) is 0 Å². The molecule has 4 N–H and O–H groups in total. The summed E-state index contributed by atoms with van der Waals surface area (Å²) in [5.41, 5.74) is 3.47. The van der Waals surface area contributed by atoms with E-state index in [1.54, 1.807) is 43.9 Å². The van der Waals surface area contributed by atoms with Crippen LogP contribution in [0.4, 0.5) is 17.1 Å². The third-order valence-corrected chi connectivity index (χ3v) is 17.4. The number of carbonyl (C=O) groups is 1. The molecule has 74 heavy (non-hydrogen) atoms. The smallest absolute Gasteiger partial charge is 0.293 e. The standard InChI is InChI=1S/C55H66N10O8S/c1-36(2)44-7-5-6-8-45(44)49-34-62(35-51-58-32-42(72-4)33-59-51)23-24-64(49)40-28-55(29-40)18-21-63(22-19-55)39-9-11-46(50(26-39)73-41-25-38-15-20-56-52(38)60-31-41)53(66)61-74(70,71)43-10-12-47(48(27-43)65(68)69)57-30-37-13-16-54(3,67)17-14-37/h5-12,15,20,25-27,31-33,36-37,40,49,57,67H,13-14,16-19,21-24,28-30,34-35H2,1-4H3,(H,56,60)(H,61,66)/t37-,49?,54-. The molecule has 1 atom stereocenters. The molecule has 1 unspecified atom stereocenters. The van der Waals surface area contributed by atoms with Gasteiger partial charge in [-0.05, 0) is 123 Å². The first-order valence-electron chi connectivity index (χ1n) is 25.8. The third-order valence-electron chi connectivity index (χ3n) is 16.0. The first-order chi connectivity index (χ1) is 35.5. The Balaban J connectivity index is 0.830. The Hall–Kier alpha value is -6.67. The first-order valence-corrected chi connectivity index (χ1v) is 27.3. The number of hydrogen-bond acceptors (Lipinski definition) is 15. The van der Waals surface area contributed by atoms with Crippen molar-refractivity contribution in [2.24, 2.45) is 11.3 Å². The molecule has 18 nitrogen and oxygen atoms in total. The summed E-state index contributed by atoms with van der Waals surface area (Å²) in [6.07, 6.45) is 13.8. The molecule has 10 rings (SSSR count). The monoisotopic (exact) mass is 1030 g/mol. The van der Waals surface area contributed by atoms with Crippen LogP contribution in [-0.4, -0.2) is 112 Å². The van der Waals surface area contributed by atoms with Crippen molar-refractivity contribution in [2.75, 3.05) is 56.6 Å². The van der Waals surface area contributed by atoms with Gasteiger partial charge in [-0.25, -0.2) is 28.1 Å². The topological polar surface area (TPSA) is 221 Å². The average molecular weight is 1030 g/mol. The number of aromatic nitrogens is 4. The first kappa shape index (κ1) is 50.8. The summed E-state index contributed by atoms with van der Waals surface area (Å²) >= 11 is 0. The number of benzene rings is 3. The summed E-state index contributed by atoms with van der Waals surface area (Å²) in [4.78, 5) is 49.5. The predicted molar refractivity (Wildman–Crippen MR) is 282 cm³/mol. The van der Waals surface area contributed by atoms with Gasteiger partial charge in [-0.15, -0.1) is 0 Å². The zero-order valence-electron chi connectivity index (χ0n) is 42.5. The molecule has 19 heteroatoms. The summed E-state index contributed by atoms with van der Waals surface area (Å²) in [6.45, 7) is 11.8. The molecular formula is C55H66N10O8S. The average Bonchev–Trinajstić information content (AvgIpc) is 3.86. The maximum absolute atomic E-state index is 14.1. The number of methoxy groups -OCH3 is 1. The summed E-state index contributed by atoms with van der Waals surface area (Å²) in [6, 6.07) is 21.9. The number of nitro groups is 1. The number of aliphatic hydroxyl groups is 1. The summed E-state index contributed by atoms with van der Waals surface area (Å²) < 4.78 is 41.5. The van der Waals surface area contributed by atoms with E-state index in [0.29, 0.717) is 55.0 Å². The lowest BCUT2D eigenvalue weighted by molar-refractivity contribution is -0.384. The number of nitrogens with zero attached hydrogens (tertiary/aromatic N) is 7. The van der Waals surface area contributed by atoms with Crippen LogP contribution >= 0.6 is 0 Å². The Morgan fingerprint density at radius 1 is 0.932 bits per heavy atom. The minimum Gasteiger partial charge on any atom is -0.494 e. The normalized spacial score (nSPS) is 21.6. The molecule has 4 fully saturated rings. The zero-order valence-corrected chi connectivity index (χ0v) is 43.3. The second-order valence-electron chi connectivity index (χ2n) is 21.4. The molecule has 3 aromatic carbocycles. The minimum atomic E-state index is -4.59. The summed E-state index contributed by atoms with van der Waals surface area (Å²) in [5, 5.41) is 26.5. The van der Waals surface area contributed by atoms with Crippen LogP contribution in [-0.2, 0) is 16.6 Å². The van der Waals surface area contributed by atoms with E-state index in [2.05, 4.69) is 82.8 Å². The lowest BCUT2D eigenvalue weighted by Crippen LogP contribution is -2.60. The zero-order chi connectivity index (χ0) is 51.8. The van der Waals surface area contributed by atoms with Crippen LogP contribution in [0.15, 0.2) is 102 Å². The van der Waals surface area contributed by atoms with Crippen LogP contribution in [0.3, 0.4) is 0 Å². The fourth-order valence-electron chi connectivity index (χ4n) is 11.7. The van der Waals surface area contributed by atoms with Crippen molar-refractivity contribution in [3.05, 3.63) is 130 Å². The highest BCUT2D eigenvalue weighted by Gasteiger charge is 2.50. The number of nitrogens with one attached hydrogen (secondary N) is 3. The van der Waals surface area contributed by atoms with E-state index in [0.717, 1.165) is 94.2 Å². The second kappa shape index (κ2) is 20.9. The predicted octanol–water partition coefficient (Wildman–Crippen LogP) is 8.97. The molecule has 0 bridgehead atoms. The molecule has 2 aliphatic carbocycles. The van der Waals surface area contributed by atoms with Crippen molar-refractivity contribution in [2.45, 2.75) is 107 Å². The Morgan fingerprint density at radius 3 is 2.41 bits per heavy atom. The Labute approximate surface area is 432 Å². The molecule has 1 spiro atoms. The number of piperazine rings is 1. The molecule has 0 radical (unpaired) electrons. The third kappa shape index (κ3) is 11.1. The quantitative estimate of drug-likeness (QED) is 0.0525. The van der Waals surface area contributed by atoms with Crippen molar-refractivity contribution < 1.29 is 32.7 Å². The van der Waals surface area contributed by atoms with Crippen LogP contribution in [0.5, 0.6) is 17.2 Å². The van der Waals surface area contributed by atoms with E-state index in [1.165, 1.54) is 29.5 Å². The molecule has 5 heterocycles. The van der Waals surface area contributed by atoms with E-state index < -0.39 is 37.0 Å². The van der Waals surface area contributed by atoms with E-state index in [-0.39, 0.29) is 34.4 Å². The van der Waals surface area contributed by atoms with Crippen molar-refractivity contribution in [1.82, 2.24) is 34.5 Å². The number of rotatable bonds is 16. The van der Waals surface area contributed by atoms with Gasteiger partial charge in [-0.1, -0.05) is 38.1 Å². The van der Waals surface area contributed by atoms with Crippen LogP contribution in [0.1, 0.15) is 111 Å². The number of H-pyrrole nitrogens is 1. The van der Waals surface area contributed by atoms with Crippen LogP contribution < -0.4 is 24.4 Å². The number of fused-ring (bicyclic) bond motifs is 1. The van der Waals surface area contributed by atoms with Crippen molar-refractivity contribution in [3.63, 3.8) is 0 Å². The number of piperidine rings is 1.